The zero-order valence-electron chi connectivity index (χ0n) is 9.35. The summed E-state index contributed by atoms with van der Waals surface area (Å²) in [6, 6.07) is 0. The summed E-state index contributed by atoms with van der Waals surface area (Å²) in [5.41, 5.74) is 3.20. The third-order valence-corrected chi connectivity index (χ3v) is 3.88. The van der Waals surface area contributed by atoms with Gasteiger partial charge in [-0.05, 0) is 44.4 Å². The smallest absolute Gasteiger partial charge is 0.0493 e. The Hall–Kier alpha value is -0.300. The monoisotopic (exact) mass is 182 g/mol. The number of aliphatic hydroxyl groups is 1. The minimum Gasteiger partial charge on any atom is -0.396 e. The van der Waals surface area contributed by atoms with Crippen molar-refractivity contribution in [2.24, 2.45) is 11.3 Å². The average molecular weight is 182 g/mol. The van der Waals surface area contributed by atoms with Crippen molar-refractivity contribution in [1.29, 1.82) is 0 Å². The number of hydrogen-bond acceptors (Lipinski definition) is 1. The first-order valence-electron chi connectivity index (χ1n) is 5.28. The third-order valence-electron chi connectivity index (χ3n) is 3.88. The van der Waals surface area contributed by atoms with E-state index in [0.29, 0.717) is 12.5 Å². The van der Waals surface area contributed by atoms with Crippen LogP contribution in [0.1, 0.15) is 47.0 Å². The number of rotatable bonds is 2. The van der Waals surface area contributed by atoms with Crippen molar-refractivity contribution >= 4 is 0 Å². The van der Waals surface area contributed by atoms with Gasteiger partial charge >= 0.3 is 0 Å². The Kier molecular flexibility index (Phi) is 3.18. The lowest BCUT2D eigenvalue weighted by Crippen LogP contribution is -2.34. The zero-order valence-corrected chi connectivity index (χ0v) is 9.35. The molecule has 1 aliphatic rings. The van der Waals surface area contributed by atoms with Crippen molar-refractivity contribution in [2.45, 2.75) is 47.0 Å². The van der Waals surface area contributed by atoms with Gasteiger partial charge in [0, 0.05) is 6.61 Å². The van der Waals surface area contributed by atoms with Gasteiger partial charge in [0.1, 0.15) is 0 Å². The summed E-state index contributed by atoms with van der Waals surface area (Å²) in [6.45, 7) is 9.22. The second-order valence-corrected chi connectivity index (χ2v) is 4.91. The molecule has 0 unspecified atom stereocenters. The molecule has 1 N–H and O–H groups in total. The molecule has 0 saturated carbocycles. The Balaban J connectivity index is 2.84. The van der Waals surface area contributed by atoms with Crippen LogP contribution in [0.25, 0.3) is 0 Å². The van der Waals surface area contributed by atoms with E-state index in [4.69, 9.17) is 0 Å². The molecule has 0 spiro atoms. The SMILES string of the molecule is CC1=C(C)C[C@@](CO)(C(C)C)CC1. The fourth-order valence-electron chi connectivity index (χ4n) is 2.23. The van der Waals surface area contributed by atoms with E-state index >= 15 is 0 Å². The second-order valence-electron chi connectivity index (χ2n) is 4.91. The van der Waals surface area contributed by atoms with Gasteiger partial charge in [0.05, 0.1) is 0 Å². The van der Waals surface area contributed by atoms with Gasteiger partial charge in [-0.1, -0.05) is 25.0 Å². The molecule has 0 aromatic heterocycles. The van der Waals surface area contributed by atoms with Crippen LogP contribution in [-0.4, -0.2) is 11.7 Å². The lowest BCUT2D eigenvalue weighted by molar-refractivity contribution is 0.0615. The van der Waals surface area contributed by atoms with Gasteiger partial charge in [-0.2, -0.15) is 0 Å². The van der Waals surface area contributed by atoms with Gasteiger partial charge in [-0.15, -0.1) is 0 Å². The van der Waals surface area contributed by atoms with Gasteiger partial charge in [-0.3, -0.25) is 0 Å². The van der Waals surface area contributed by atoms with Crippen molar-refractivity contribution in [3.05, 3.63) is 11.1 Å². The van der Waals surface area contributed by atoms with Crippen molar-refractivity contribution in [2.75, 3.05) is 6.61 Å². The molecule has 0 amide bonds. The molecule has 1 heteroatoms. The molecule has 1 rings (SSSR count). The molecule has 1 atom stereocenters. The predicted octanol–water partition coefficient (Wildman–Crippen LogP) is 3.14. The topological polar surface area (TPSA) is 20.2 Å². The Morgan fingerprint density at radius 1 is 1.31 bits per heavy atom. The Morgan fingerprint density at radius 2 is 1.92 bits per heavy atom. The normalized spacial score (nSPS) is 30.0. The first-order chi connectivity index (χ1) is 6.02. The highest BCUT2D eigenvalue weighted by molar-refractivity contribution is 5.17. The molecule has 0 bridgehead atoms. The van der Waals surface area contributed by atoms with Crippen LogP contribution in [0.4, 0.5) is 0 Å². The van der Waals surface area contributed by atoms with E-state index in [1.807, 2.05) is 0 Å². The molecule has 0 heterocycles. The van der Waals surface area contributed by atoms with Crippen molar-refractivity contribution < 1.29 is 5.11 Å². The van der Waals surface area contributed by atoms with Crippen LogP contribution >= 0.6 is 0 Å². The van der Waals surface area contributed by atoms with E-state index < -0.39 is 0 Å². The molecule has 0 aromatic carbocycles. The van der Waals surface area contributed by atoms with Crippen LogP contribution in [-0.2, 0) is 0 Å². The molecule has 1 nitrogen and oxygen atoms in total. The maximum atomic E-state index is 9.49. The molecule has 0 fully saturated rings. The number of hydrogen-bond donors (Lipinski definition) is 1. The quantitative estimate of drug-likeness (QED) is 0.650. The summed E-state index contributed by atoms with van der Waals surface area (Å²) >= 11 is 0. The second kappa shape index (κ2) is 3.83. The molecular weight excluding hydrogens is 160 g/mol. The van der Waals surface area contributed by atoms with E-state index in [2.05, 4.69) is 27.7 Å². The van der Waals surface area contributed by atoms with Crippen molar-refractivity contribution in [1.82, 2.24) is 0 Å². The summed E-state index contributed by atoms with van der Waals surface area (Å²) in [7, 11) is 0. The maximum absolute atomic E-state index is 9.49. The van der Waals surface area contributed by atoms with Crippen LogP contribution < -0.4 is 0 Å². The van der Waals surface area contributed by atoms with Gasteiger partial charge in [0.25, 0.3) is 0 Å². The van der Waals surface area contributed by atoms with E-state index in [0.717, 1.165) is 12.8 Å². The Morgan fingerprint density at radius 3 is 2.31 bits per heavy atom. The van der Waals surface area contributed by atoms with Crippen LogP contribution in [0.2, 0.25) is 0 Å². The highest BCUT2D eigenvalue weighted by Crippen LogP contribution is 2.44. The fourth-order valence-corrected chi connectivity index (χ4v) is 2.23. The summed E-state index contributed by atoms with van der Waals surface area (Å²) < 4.78 is 0. The summed E-state index contributed by atoms with van der Waals surface area (Å²) in [5, 5.41) is 9.49. The molecule has 76 valence electrons. The van der Waals surface area contributed by atoms with Gasteiger partial charge < -0.3 is 5.11 Å². The van der Waals surface area contributed by atoms with Gasteiger partial charge in [0.2, 0.25) is 0 Å². The van der Waals surface area contributed by atoms with Gasteiger partial charge in [-0.25, -0.2) is 0 Å². The van der Waals surface area contributed by atoms with E-state index in [1.165, 1.54) is 17.6 Å². The largest absolute Gasteiger partial charge is 0.396 e. The lowest BCUT2D eigenvalue weighted by atomic mass is 9.66. The lowest BCUT2D eigenvalue weighted by Gasteiger charge is -2.40. The van der Waals surface area contributed by atoms with Crippen molar-refractivity contribution in [3.8, 4) is 0 Å². The first-order valence-corrected chi connectivity index (χ1v) is 5.28. The van der Waals surface area contributed by atoms with Crippen LogP contribution in [0, 0.1) is 11.3 Å². The van der Waals surface area contributed by atoms with E-state index in [1.54, 1.807) is 0 Å². The van der Waals surface area contributed by atoms with Crippen LogP contribution in [0.5, 0.6) is 0 Å². The summed E-state index contributed by atoms with van der Waals surface area (Å²) in [5.74, 6) is 0.584. The van der Waals surface area contributed by atoms with Gasteiger partial charge in [0.15, 0.2) is 0 Å². The van der Waals surface area contributed by atoms with E-state index in [-0.39, 0.29) is 5.41 Å². The number of aliphatic hydroxyl groups excluding tert-OH is 1. The molecule has 1 aliphatic carbocycles. The molecule has 0 radical (unpaired) electrons. The minimum absolute atomic E-state index is 0.170. The molecule has 0 saturated heterocycles. The highest BCUT2D eigenvalue weighted by Gasteiger charge is 2.35. The molecule has 0 aromatic rings. The molecular formula is C12H22O. The average Bonchev–Trinajstić information content (AvgIpc) is 2.09. The third kappa shape index (κ3) is 1.96. The van der Waals surface area contributed by atoms with Crippen molar-refractivity contribution in [3.63, 3.8) is 0 Å². The van der Waals surface area contributed by atoms with E-state index in [9.17, 15) is 5.11 Å². The zero-order chi connectivity index (χ0) is 10.1. The molecule has 0 aliphatic heterocycles. The highest BCUT2D eigenvalue weighted by atomic mass is 16.3. The first kappa shape index (κ1) is 10.8. The standard InChI is InChI=1S/C12H22O/c1-9(2)12(8-13)6-5-10(3)11(4)7-12/h9,13H,5-8H2,1-4H3/t12-/m0/s1. The Bertz CT molecular complexity index is 215. The maximum Gasteiger partial charge on any atom is 0.0493 e. The van der Waals surface area contributed by atoms with Crippen LogP contribution in [0.3, 0.4) is 0 Å². The molecule has 13 heavy (non-hydrogen) atoms. The Labute approximate surface area is 81.9 Å². The fraction of sp³-hybridized carbons (Fsp3) is 0.833. The number of allylic oxidation sites excluding steroid dienone is 2. The minimum atomic E-state index is 0.170. The summed E-state index contributed by atoms with van der Waals surface area (Å²) in [4.78, 5) is 0. The predicted molar refractivity (Wildman–Crippen MR) is 56.6 cm³/mol. The summed E-state index contributed by atoms with van der Waals surface area (Å²) in [6.07, 6.45) is 3.42. The van der Waals surface area contributed by atoms with Crippen LogP contribution in [0.15, 0.2) is 11.1 Å².